The first-order valence-electron chi connectivity index (χ1n) is 3.17. The highest BCUT2D eigenvalue weighted by Crippen LogP contribution is 2.03. The Morgan fingerprint density at radius 3 is 2.50 bits per heavy atom. The van der Waals surface area contributed by atoms with Crippen LogP contribution in [0.1, 0.15) is 13.3 Å². The maximum Gasteiger partial charge on any atom is 0.254 e. The average molecular weight is 147 g/mol. The number of halogens is 2. The van der Waals surface area contributed by atoms with E-state index in [4.69, 9.17) is 6.42 Å². The summed E-state index contributed by atoms with van der Waals surface area (Å²) in [4.78, 5) is 0. The van der Waals surface area contributed by atoms with E-state index in [0.29, 0.717) is 6.54 Å². The van der Waals surface area contributed by atoms with Gasteiger partial charge in [0, 0.05) is 6.42 Å². The highest BCUT2D eigenvalue weighted by atomic mass is 19.3. The maximum atomic E-state index is 11.9. The normalized spacial score (nSPS) is 13.1. The third-order valence-corrected chi connectivity index (χ3v) is 1.11. The lowest BCUT2D eigenvalue weighted by Crippen LogP contribution is -2.34. The lowest BCUT2D eigenvalue weighted by atomic mass is 10.2. The third-order valence-electron chi connectivity index (χ3n) is 1.11. The van der Waals surface area contributed by atoms with Crippen LogP contribution >= 0.6 is 0 Å². The van der Waals surface area contributed by atoms with E-state index in [0.717, 1.165) is 0 Å². The topological polar surface area (TPSA) is 12.0 Å². The van der Waals surface area contributed by atoms with Gasteiger partial charge in [-0.15, -0.1) is 12.3 Å². The fourth-order valence-corrected chi connectivity index (χ4v) is 0.639. The van der Waals surface area contributed by atoms with Crippen molar-refractivity contribution in [3.8, 4) is 12.3 Å². The quantitative estimate of drug-likeness (QED) is 0.590. The van der Waals surface area contributed by atoms with Crippen LogP contribution in [0.25, 0.3) is 0 Å². The van der Waals surface area contributed by atoms with Crippen molar-refractivity contribution < 1.29 is 8.78 Å². The maximum absolute atomic E-state index is 11.9. The molecule has 0 aromatic heterocycles. The smallest absolute Gasteiger partial charge is 0.254 e. The Morgan fingerprint density at radius 2 is 2.20 bits per heavy atom. The molecule has 0 aromatic carbocycles. The zero-order chi connectivity index (χ0) is 7.98. The molecule has 0 amide bonds. The number of rotatable bonds is 4. The van der Waals surface area contributed by atoms with E-state index in [1.54, 1.807) is 6.92 Å². The molecule has 10 heavy (non-hydrogen) atoms. The monoisotopic (exact) mass is 147 g/mol. The van der Waals surface area contributed by atoms with Crippen molar-refractivity contribution in [3.63, 3.8) is 0 Å². The molecule has 1 atom stereocenters. The zero-order valence-electron chi connectivity index (χ0n) is 5.90. The second kappa shape index (κ2) is 5.19. The number of nitrogens with one attached hydrogen (secondary N) is 1. The molecule has 0 bridgehead atoms. The second-order valence-corrected chi connectivity index (χ2v) is 1.91. The van der Waals surface area contributed by atoms with Gasteiger partial charge in [-0.1, -0.05) is 6.92 Å². The van der Waals surface area contributed by atoms with Crippen LogP contribution in [0.15, 0.2) is 0 Å². The Kier molecular flexibility index (Phi) is 4.87. The Bertz CT molecular complexity index is 117. The average Bonchev–Trinajstić information content (AvgIpc) is 1.87. The first-order chi connectivity index (χ1) is 4.72. The third kappa shape index (κ3) is 3.41. The minimum absolute atomic E-state index is 0.0888. The van der Waals surface area contributed by atoms with Crippen LogP contribution in [0.4, 0.5) is 8.78 Å². The highest BCUT2D eigenvalue weighted by Gasteiger charge is 2.16. The van der Waals surface area contributed by atoms with Crippen LogP contribution < -0.4 is 5.32 Å². The molecule has 58 valence electrons. The minimum Gasteiger partial charge on any atom is -0.308 e. The minimum atomic E-state index is -2.36. The number of alkyl halides is 2. The molecule has 0 aliphatic carbocycles. The predicted octanol–water partition coefficient (Wildman–Crippen LogP) is 1.25. The van der Waals surface area contributed by atoms with Gasteiger partial charge in [-0.2, -0.15) is 0 Å². The van der Waals surface area contributed by atoms with Gasteiger partial charge in [-0.05, 0) is 6.54 Å². The van der Waals surface area contributed by atoms with Gasteiger partial charge in [0.1, 0.15) is 0 Å². The lowest BCUT2D eigenvalue weighted by molar-refractivity contribution is 0.101. The Hall–Kier alpha value is -0.620. The number of hydrogen-bond acceptors (Lipinski definition) is 1. The standard InChI is InChI=1S/C7H11F2N/c1-3-5-6(7(8)9)10-4-2/h1,6-7,10H,4-5H2,2H3. The molecule has 0 aromatic rings. The fraction of sp³-hybridized carbons (Fsp3) is 0.714. The molecule has 0 aliphatic heterocycles. The molecule has 0 spiro atoms. The molecule has 0 rings (SSSR count). The molecule has 0 heterocycles. The van der Waals surface area contributed by atoms with Gasteiger partial charge in [0.2, 0.25) is 0 Å². The van der Waals surface area contributed by atoms with Gasteiger partial charge >= 0.3 is 0 Å². The molecule has 3 heteroatoms. The number of hydrogen-bond donors (Lipinski definition) is 1. The Labute approximate surface area is 59.8 Å². The lowest BCUT2D eigenvalue weighted by Gasteiger charge is -2.12. The largest absolute Gasteiger partial charge is 0.308 e. The van der Waals surface area contributed by atoms with Crippen LogP contribution in [0.5, 0.6) is 0 Å². The summed E-state index contributed by atoms with van der Waals surface area (Å²) in [5, 5.41) is 2.59. The van der Waals surface area contributed by atoms with Crippen molar-refractivity contribution in [1.29, 1.82) is 0 Å². The van der Waals surface area contributed by atoms with Crippen molar-refractivity contribution in [3.05, 3.63) is 0 Å². The van der Waals surface area contributed by atoms with Crippen molar-refractivity contribution in [1.82, 2.24) is 5.32 Å². The Balaban J connectivity index is 3.63. The molecular weight excluding hydrogens is 136 g/mol. The molecule has 0 saturated carbocycles. The summed E-state index contributed by atoms with van der Waals surface area (Å²) >= 11 is 0. The summed E-state index contributed by atoms with van der Waals surface area (Å²) in [6, 6.07) is -0.838. The molecule has 1 unspecified atom stereocenters. The summed E-state index contributed by atoms with van der Waals surface area (Å²) in [7, 11) is 0. The van der Waals surface area contributed by atoms with Gasteiger partial charge in [0.05, 0.1) is 6.04 Å². The Morgan fingerprint density at radius 1 is 1.60 bits per heavy atom. The predicted molar refractivity (Wildman–Crippen MR) is 36.9 cm³/mol. The fourth-order valence-electron chi connectivity index (χ4n) is 0.639. The van der Waals surface area contributed by atoms with Gasteiger partial charge in [0.15, 0.2) is 0 Å². The van der Waals surface area contributed by atoms with Crippen LogP contribution in [-0.4, -0.2) is 19.0 Å². The van der Waals surface area contributed by atoms with E-state index < -0.39 is 12.5 Å². The summed E-state index contributed by atoms with van der Waals surface area (Å²) in [5.41, 5.74) is 0. The SMILES string of the molecule is C#CCC(NCC)C(F)F. The van der Waals surface area contributed by atoms with E-state index in [2.05, 4.69) is 11.2 Å². The van der Waals surface area contributed by atoms with E-state index in [1.807, 2.05) is 0 Å². The summed E-state index contributed by atoms with van der Waals surface area (Å²) in [6.07, 6.45) is 2.60. The van der Waals surface area contributed by atoms with Crippen LogP contribution in [0, 0.1) is 12.3 Å². The molecule has 0 aliphatic rings. The molecule has 1 nitrogen and oxygen atoms in total. The highest BCUT2D eigenvalue weighted by molar-refractivity contribution is 4.90. The first kappa shape index (κ1) is 9.38. The molecule has 0 saturated heterocycles. The van der Waals surface area contributed by atoms with Gasteiger partial charge < -0.3 is 5.32 Å². The van der Waals surface area contributed by atoms with Crippen molar-refractivity contribution in [2.75, 3.05) is 6.54 Å². The van der Waals surface area contributed by atoms with Gasteiger partial charge in [-0.25, -0.2) is 8.78 Å². The molecule has 0 radical (unpaired) electrons. The van der Waals surface area contributed by atoms with E-state index in [-0.39, 0.29) is 6.42 Å². The van der Waals surface area contributed by atoms with E-state index in [1.165, 1.54) is 0 Å². The van der Waals surface area contributed by atoms with Crippen molar-refractivity contribution in [2.24, 2.45) is 0 Å². The van der Waals surface area contributed by atoms with Crippen LogP contribution in [0.3, 0.4) is 0 Å². The van der Waals surface area contributed by atoms with E-state index in [9.17, 15) is 8.78 Å². The second-order valence-electron chi connectivity index (χ2n) is 1.91. The van der Waals surface area contributed by atoms with Crippen molar-refractivity contribution >= 4 is 0 Å². The summed E-state index contributed by atoms with van der Waals surface area (Å²) in [5.74, 6) is 2.19. The van der Waals surface area contributed by atoms with Crippen LogP contribution in [0.2, 0.25) is 0 Å². The number of terminal acetylenes is 1. The van der Waals surface area contributed by atoms with Crippen LogP contribution in [-0.2, 0) is 0 Å². The molecule has 1 N–H and O–H groups in total. The van der Waals surface area contributed by atoms with Crippen molar-refractivity contribution in [2.45, 2.75) is 25.8 Å². The van der Waals surface area contributed by atoms with Gasteiger partial charge in [0.25, 0.3) is 6.43 Å². The molecule has 0 fully saturated rings. The molecular formula is C7H11F2N. The summed E-state index contributed by atoms with van der Waals surface area (Å²) < 4.78 is 23.8. The summed E-state index contributed by atoms with van der Waals surface area (Å²) in [6.45, 7) is 2.29. The van der Waals surface area contributed by atoms with Gasteiger partial charge in [-0.3, -0.25) is 0 Å². The van der Waals surface area contributed by atoms with E-state index >= 15 is 0 Å². The first-order valence-corrected chi connectivity index (χ1v) is 3.17. The zero-order valence-corrected chi connectivity index (χ0v) is 5.90.